The number of carbonyl (C=O) groups excluding carboxylic acids is 1. The molecule has 0 atom stereocenters. The molecule has 0 aromatic carbocycles. The third-order valence-electron chi connectivity index (χ3n) is 3.76. The molecule has 1 saturated carbocycles. The molecule has 0 bridgehead atoms. The van der Waals surface area contributed by atoms with Gasteiger partial charge in [0, 0.05) is 38.8 Å². The van der Waals surface area contributed by atoms with E-state index >= 15 is 0 Å². The Morgan fingerprint density at radius 1 is 1.26 bits per heavy atom. The van der Waals surface area contributed by atoms with Gasteiger partial charge in [-0.25, -0.2) is 0 Å². The van der Waals surface area contributed by atoms with Gasteiger partial charge in [-0.2, -0.15) is 11.3 Å². The Morgan fingerprint density at radius 3 is 2.63 bits per heavy atom. The Balaban J connectivity index is 1.37. The summed E-state index contributed by atoms with van der Waals surface area (Å²) in [6.07, 6.45) is 2.33. The number of carbonyl (C=O) groups is 1. The molecule has 1 aromatic rings. The lowest BCUT2D eigenvalue weighted by molar-refractivity contribution is -0.122. The fourth-order valence-electron chi connectivity index (χ4n) is 2.45. The first-order valence-corrected chi connectivity index (χ1v) is 7.99. The Labute approximate surface area is 118 Å². The zero-order valence-corrected chi connectivity index (χ0v) is 12.0. The molecule has 1 aliphatic carbocycles. The van der Waals surface area contributed by atoms with E-state index < -0.39 is 0 Å². The molecule has 3 rings (SSSR count). The monoisotopic (exact) mass is 279 g/mol. The first-order valence-electron chi connectivity index (χ1n) is 7.05. The van der Waals surface area contributed by atoms with E-state index in [0.717, 1.165) is 32.7 Å². The van der Waals surface area contributed by atoms with Crippen molar-refractivity contribution in [3.63, 3.8) is 0 Å². The van der Waals surface area contributed by atoms with Gasteiger partial charge in [0.15, 0.2) is 0 Å². The normalized spacial score (nSPS) is 21.5. The second-order valence-electron chi connectivity index (χ2n) is 5.53. The molecule has 1 aromatic heterocycles. The Bertz CT molecular complexity index is 408. The molecule has 4 nitrogen and oxygen atoms in total. The Kier molecular flexibility index (Phi) is 4.15. The van der Waals surface area contributed by atoms with Crippen LogP contribution in [0.4, 0.5) is 0 Å². The molecule has 2 aliphatic rings. The quantitative estimate of drug-likeness (QED) is 0.878. The number of hydrogen-bond acceptors (Lipinski definition) is 4. The summed E-state index contributed by atoms with van der Waals surface area (Å²) in [5.74, 6) is 0.203. The maximum atomic E-state index is 11.7. The predicted octanol–water partition coefficient (Wildman–Crippen LogP) is 1.14. The third kappa shape index (κ3) is 4.03. The van der Waals surface area contributed by atoms with Gasteiger partial charge in [-0.3, -0.25) is 14.6 Å². The van der Waals surface area contributed by atoms with Gasteiger partial charge in [0.25, 0.3) is 0 Å². The Morgan fingerprint density at radius 2 is 2.00 bits per heavy atom. The molecule has 1 amide bonds. The van der Waals surface area contributed by atoms with Gasteiger partial charge >= 0.3 is 0 Å². The van der Waals surface area contributed by atoms with Crippen LogP contribution in [-0.2, 0) is 11.3 Å². The number of hydrogen-bond donors (Lipinski definition) is 1. The van der Waals surface area contributed by atoms with Crippen LogP contribution in [0.5, 0.6) is 0 Å². The molecule has 0 radical (unpaired) electrons. The number of nitrogens with zero attached hydrogens (tertiary/aromatic N) is 2. The highest BCUT2D eigenvalue weighted by Crippen LogP contribution is 2.18. The second-order valence-corrected chi connectivity index (χ2v) is 6.31. The van der Waals surface area contributed by atoms with Crippen LogP contribution in [0.1, 0.15) is 18.4 Å². The van der Waals surface area contributed by atoms with Gasteiger partial charge in [-0.1, -0.05) is 0 Å². The summed E-state index contributed by atoms with van der Waals surface area (Å²) in [5, 5.41) is 7.41. The van der Waals surface area contributed by atoms with Gasteiger partial charge in [-0.05, 0) is 35.2 Å². The molecule has 19 heavy (non-hydrogen) atoms. The lowest BCUT2D eigenvalue weighted by atomic mass is 10.2. The minimum atomic E-state index is 0.203. The van der Waals surface area contributed by atoms with Crippen molar-refractivity contribution in [2.45, 2.75) is 25.4 Å². The van der Waals surface area contributed by atoms with Crippen molar-refractivity contribution in [3.8, 4) is 0 Å². The standard InChI is InChI=1S/C14H21N3OS/c18-14(15-13-1-2-13)10-17-6-4-16(5-7-17)9-12-3-8-19-11-12/h3,8,11,13H,1-2,4-7,9-10H2,(H,15,18). The lowest BCUT2D eigenvalue weighted by Gasteiger charge is -2.34. The van der Waals surface area contributed by atoms with Crippen LogP contribution >= 0.6 is 11.3 Å². The number of amides is 1. The summed E-state index contributed by atoms with van der Waals surface area (Å²) < 4.78 is 0. The van der Waals surface area contributed by atoms with E-state index in [9.17, 15) is 4.79 Å². The van der Waals surface area contributed by atoms with Crippen molar-refractivity contribution in [2.75, 3.05) is 32.7 Å². The van der Waals surface area contributed by atoms with Crippen LogP contribution in [-0.4, -0.2) is 54.5 Å². The zero-order valence-electron chi connectivity index (χ0n) is 11.2. The average Bonchev–Trinajstić information content (AvgIpc) is 3.05. The van der Waals surface area contributed by atoms with Gasteiger partial charge in [0.2, 0.25) is 5.91 Å². The molecule has 2 fully saturated rings. The summed E-state index contributed by atoms with van der Waals surface area (Å²) in [7, 11) is 0. The fourth-order valence-corrected chi connectivity index (χ4v) is 3.11. The number of rotatable bonds is 5. The van der Waals surface area contributed by atoms with Crippen molar-refractivity contribution in [2.24, 2.45) is 0 Å². The first kappa shape index (κ1) is 13.1. The highest BCUT2D eigenvalue weighted by molar-refractivity contribution is 7.07. The summed E-state index contributed by atoms with van der Waals surface area (Å²) in [6.45, 7) is 5.75. The van der Waals surface area contributed by atoms with Crippen LogP contribution in [0.2, 0.25) is 0 Å². The predicted molar refractivity (Wildman–Crippen MR) is 77.2 cm³/mol. The maximum absolute atomic E-state index is 11.7. The van der Waals surface area contributed by atoms with Crippen molar-refractivity contribution < 1.29 is 4.79 Å². The van der Waals surface area contributed by atoms with Gasteiger partial charge in [0.05, 0.1) is 6.54 Å². The molecule has 1 N–H and O–H groups in total. The van der Waals surface area contributed by atoms with E-state index in [-0.39, 0.29) is 5.91 Å². The van der Waals surface area contributed by atoms with E-state index in [1.165, 1.54) is 18.4 Å². The molecule has 104 valence electrons. The summed E-state index contributed by atoms with van der Waals surface area (Å²) in [4.78, 5) is 16.5. The highest BCUT2D eigenvalue weighted by Gasteiger charge is 2.25. The van der Waals surface area contributed by atoms with Crippen molar-refractivity contribution >= 4 is 17.2 Å². The van der Waals surface area contributed by atoms with Crippen LogP contribution in [0.3, 0.4) is 0 Å². The molecule has 2 heterocycles. The van der Waals surface area contributed by atoms with E-state index in [4.69, 9.17) is 0 Å². The number of piperazine rings is 1. The second kappa shape index (κ2) is 6.03. The summed E-state index contributed by atoms with van der Waals surface area (Å²) in [6, 6.07) is 2.67. The Hall–Kier alpha value is -0.910. The summed E-state index contributed by atoms with van der Waals surface area (Å²) in [5.41, 5.74) is 1.41. The smallest absolute Gasteiger partial charge is 0.234 e. The van der Waals surface area contributed by atoms with Crippen molar-refractivity contribution in [3.05, 3.63) is 22.4 Å². The highest BCUT2D eigenvalue weighted by atomic mass is 32.1. The molecule has 1 saturated heterocycles. The van der Waals surface area contributed by atoms with Crippen molar-refractivity contribution in [1.82, 2.24) is 15.1 Å². The topological polar surface area (TPSA) is 35.6 Å². The van der Waals surface area contributed by atoms with E-state index in [1.807, 2.05) is 0 Å². The van der Waals surface area contributed by atoms with Crippen LogP contribution < -0.4 is 5.32 Å². The van der Waals surface area contributed by atoms with E-state index in [0.29, 0.717) is 12.6 Å². The van der Waals surface area contributed by atoms with E-state index in [1.54, 1.807) is 11.3 Å². The molecule has 5 heteroatoms. The van der Waals surface area contributed by atoms with Gasteiger partial charge < -0.3 is 5.32 Å². The van der Waals surface area contributed by atoms with Crippen LogP contribution in [0.15, 0.2) is 16.8 Å². The third-order valence-corrected chi connectivity index (χ3v) is 4.49. The zero-order chi connectivity index (χ0) is 13.1. The molecule has 0 spiro atoms. The van der Waals surface area contributed by atoms with Crippen molar-refractivity contribution in [1.29, 1.82) is 0 Å². The number of nitrogens with one attached hydrogen (secondary N) is 1. The summed E-state index contributed by atoms with van der Waals surface area (Å²) >= 11 is 1.76. The molecular weight excluding hydrogens is 258 g/mol. The molecule has 1 aliphatic heterocycles. The average molecular weight is 279 g/mol. The molecular formula is C14H21N3OS. The minimum absolute atomic E-state index is 0.203. The van der Waals surface area contributed by atoms with E-state index in [2.05, 4.69) is 31.9 Å². The molecule has 0 unspecified atom stereocenters. The first-order chi connectivity index (χ1) is 9.29. The van der Waals surface area contributed by atoms with Gasteiger partial charge in [-0.15, -0.1) is 0 Å². The lowest BCUT2D eigenvalue weighted by Crippen LogP contribution is -2.49. The largest absolute Gasteiger partial charge is 0.352 e. The number of thiophene rings is 1. The minimum Gasteiger partial charge on any atom is -0.352 e. The fraction of sp³-hybridized carbons (Fsp3) is 0.643. The maximum Gasteiger partial charge on any atom is 0.234 e. The van der Waals surface area contributed by atoms with Gasteiger partial charge in [0.1, 0.15) is 0 Å². The van der Waals surface area contributed by atoms with Crippen LogP contribution in [0.25, 0.3) is 0 Å². The SMILES string of the molecule is O=C(CN1CCN(Cc2ccsc2)CC1)NC1CC1. The van der Waals surface area contributed by atoms with Crippen LogP contribution in [0, 0.1) is 0 Å².